The number of halogens is 1. The van der Waals surface area contributed by atoms with Crippen LogP contribution < -0.4 is 0 Å². The average Bonchev–Trinajstić information content (AvgIpc) is 2.83. The number of carboxylic acids is 1. The van der Waals surface area contributed by atoms with E-state index in [1.54, 1.807) is 6.07 Å². The molecule has 0 aliphatic heterocycles. The molecule has 20 heavy (non-hydrogen) atoms. The summed E-state index contributed by atoms with van der Waals surface area (Å²) in [5, 5.41) is 8.98. The first-order chi connectivity index (χ1) is 9.54. The van der Waals surface area contributed by atoms with Gasteiger partial charge in [-0.2, -0.15) is 0 Å². The van der Waals surface area contributed by atoms with Gasteiger partial charge in [0.05, 0.1) is 5.56 Å². The standard InChI is InChI=1S/C15H10BrNO3/c1-8-2-4-10(16)7-11(8)14-17-12-5-3-9(15(18)19)6-13(12)20-14/h2-7H,1H3,(H,18,19). The molecule has 0 saturated heterocycles. The number of benzene rings is 2. The zero-order valence-electron chi connectivity index (χ0n) is 10.6. The predicted molar refractivity (Wildman–Crippen MR) is 78.8 cm³/mol. The van der Waals surface area contributed by atoms with Crippen molar-refractivity contribution >= 4 is 33.0 Å². The highest BCUT2D eigenvalue weighted by Gasteiger charge is 2.13. The van der Waals surface area contributed by atoms with E-state index in [1.165, 1.54) is 12.1 Å². The van der Waals surface area contributed by atoms with Crippen molar-refractivity contribution in [3.05, 3.63) is 52.0 Å². The highest BCUT2D eigenvalue weighted by atomic mass is 79.9. The second kappa shape index (κ2) is 4.76. The molecule has 100 valence electrons. The van der Waals surface area contributed by atoms with Crippen molar-refractivity contribution in [1.29, 1.82) is 0 Å². The molecule has 3 rings (SSSR count). The Bertz CT molecular complexity index is 823. The molecule has 0 aliphatic rings. The number of oxazole rings is 1. The molecular weight excluding hydrogens is 322 g/mol. The van der Waals surface area contributed by atoms with Gasteiger partial charge in [-0.15, -0.1) is 0 Å². The molecule has 4 nitrogen and oxygen atoms in total. The summed E-state index contributed by atoms with van der Waals surface area (Å²) in [5.74, 6) is -0.496. The summed E-state index contributed by atoms with van der Waals surface area (Å²) in [6.07, 6.45) is 0. The van der Waals surface area contributed by atoms with Gasteiger partial charge in [0, 0.05) is 10.0 Å². The van der Waals surface area contributed by atoms with Crippen molar-refractivity contribution in [1.82, 2.24) is 4.98 Å². The molecule has 0 fully saturated rings. The normalized spacial score (nSPS) is 10.9. The number of hydrogen-bond donors (Lipinski definition) is 1. The number of carbonyl (C=O) groups is 1. The fourth-order valence-corrected chi connectivity index (χ4v) is 2.36. The number of fused-ring (bicyclic) bond motifs is 1. The predicted octanol–water partition coefficient (Wildman–Crippen LogP) is 4.26. The van der Waals surface area contributed by atoms with E-state index < -0.39 is 5.97 Å². The van der Waals surface area contributed by atoms with Gasteiger partial charge in [0.2, 0.25) is 5.89 Å². The van der Waals surface area contributed by atoms with E-state index >= 15 is 0 Å². The smallest absolute Gasteiger partial charge is 0.335 e. The van der Waals surface area contributed by atoms with Crippen molar-refractivity contribution in [3.63, 3.8) is 0 Å². The van der Waals surface area contributed by atoms with E-state index in [4.69, 9.17) is 9.52 Å². The van der Waals surface area contributed by atoms with Gasteiger partial charge in [-0.3, -0.25) is 0 Å². The molecule has 0 saturated carbocycles. The van der Waals surface area contributed by atoms with Crippen LogP contribution in [0.4, 0.5) is 0 Å². The highest BCUT2D eigenvalue weighted by molar-refractivity contribution is 9.10. The molecule has 3 aromatic rings. The van der Waals surface area contributed by atoms with Gasteiger partial charge in [-0.25, -0.2) is 9.78 Å². The van der Waals surface area contributed by atoms with Gasteiger partial charge >= 0.3 is 5.97 Å². The van der Waals surface area contributed by atoms with E-state index in [2.05, 4.69) is 20.9 Å². The SMILES string of the molecule is Cc1ccc(Br)cc1-c1nc2ccc(C(=O)O)cc2o1. The van der Waals surface area contributed by atoms with Crippen molar-refractivity contribution in [2.75, 3.05) is 0 Å². The molecule has 5 heteroatoms. The Morgan fingerprint density at radius 2 is 2.05 bits per heavy atom. The quantitative estimate of drug-likeness (QED) is 0.761. The summed E-state index contributed by atoms with van der Waals surface area (Å²) in [6, 6.07) is 10.5. The molecule has 1 heterocycles. The molecule has 0 unspecified atom stereocenters. The highest BCUT2D eigenvalue weighted by Crippen LogP contribution is 2.29. The molecule has 2 aromatic carbocycles. The Morgan fingerprint density at radius 3 is 2.80 bits per heavy atom. The van der Waals surface area contributed by atoms with Crippen LogP contribution in [0.1, 0.15) is 15.9 Å². The second-order valence-corrected chi connectivity index (χ2v) is 5.38. The Labute approximate surface area is 123 Å². The molecular formula is C15H10BrNO3. The largest absolute Gasteiger partial charge is 0.478 e. The van der Waals surface area contributed by atoms with Crippen LogP contribution in [0.25, 0.3) is 22.6 Å². The summed E-state index contributed by atoms with van der Waals surface area (Å²) in [6.45, 7) is 1.97. The molecule has 0 aliphatic carbocycles. The average molecular weight is 332 g/mol. The lowest BCUT2D eigenvalue weighted by Crippen LogP contribution is -1.94. The first-order valence-corrected chi connectivity index (χ1v) is 6.74. The van der Waals surface area contributed by atoms with Crippen molar-refractivity contribution in [2.45, 2.75) is 6.92 Å². The topological polar surface area (TPSA) is 63.3 Å². The fourth-order valence-electron chi connectivity index (χ4n) is 2.00. The van der Waals surface area contributed by atoms with Crippen LogP contribution in [0.5, 0.6) is 0 Å². The number of hydrogen-bond acceptors (Lipinski definition) is 3. The van der Waals surface area contributed by atoms with Crippen molar-refractivity contribution in [3.8, 4) is 11.5 Å². The number of carboxylic acid groups (broad SMARTS) is 1. The van der Waals surface area contributed by atoms with Crippen LogP contribution in [0.2, 0.25) is 0 Å². The summed E-state index contributed by atoms with van der Waals surface area (Å²) >= 11 is 3.42. The maximum atomic E-state index is 11.0. The van der Waals surface area contributed by atoms with Gasteiger partial charge in [0.15, 0.2) is 5.58 Å². The number of aromatic nitrogens is 1. The number of rotatable bonds is 2. The van der Waals surface area contributed by atoms with E-state index in [0.29, 0.717) is 17.0 Å². The van der Waals surface area contributed by atoms with E-state index in [0.717, 1.165) is 15.6 Å². The minimum Gasteiger partial charge on any atom is -0.478 e. The van der Waals surface area contributed by atoms with E-state index in [9.17, 15) is 4.79 Å². The van der Waals surface area contributed by atoms with Crippen molar-refractivity contribution < 1.29 is 14.3 Å². The van der Waals surface area contributed by atoms with Crippen LogP contribution in [0.3, 0.4) is 0 Å². The molecule has 0 amide bonds. The Morgan fingerprint density at radius 1 is 1.25 bits per heavy atom. The fraction of sp³-hybridized carbons (Fsp3) is 0.0667. The summed E-state index contributed by atoms with van der Waals surface area (Å²) < 4.78 is 6.62. The monoisotopic (exact) mass is 331 g/mol. The summed E-state index contributed by atoms with van der Waals surface area (Å²) in [4.78, 5) is 15.4. The van der Waals surface area contributed by atoms with Gasteiger partial charge in [-0.05, 0) is 42.8 Å². The van der Waals surface area contributed by atoms with Gasteiger partial charge in [-0.1, -0.05) is 22.0 Å². The maximum absolute atomic E-state index is 11.0. The second-order valence-electron chi connectivity index (χ2n) is 4.47. The van der Waals surface area contributed by atoms with Crippen LogP contribution in [0, 0.1) is 6.92 Å². The van der Waals surface area contributed by atoms with Crippen LogP contribution in [-0.4, -0.2) is 16.1 Å². The van der Waals surface area contributed by atoms with E-state index in [-0.39, 0.29) is 5.56 Å². The Balaban J connectivity index is 2.17. The van der Waals surface area contributed by atoms with E-state index in [1.807, 2.05) is 25.1 Å². The third kappa shape index (κ3) is 2.20. The molecule has 1 N–H and O–H groups in total. The molecule has 0 bridgehead atoms. The number of aromatic carboxylic acids is 1. The van der Waals surface area contributed by atoms with Crippen LogP contribution in [0.15, 0.2) is 45.3 Å². The third-order valence-corrected chi connectivity index (χ3v) is 3.56. The minimum atomic E-state index is -0.983. The van der Waals surface area contributed by atoms with Crippen molar-refractivity contribution in [2.24, 2.45) is 0 Å². The summed E-state index contributed by atoms with van der Waals surface area (Å²) in [5.41, 5.74) is 3.22. The minimum absolute atomic E-state index is 0.186. The maximum Gasteiger partial charge on any atom is 0.335 e. The Hall–Kier alpha value is -2.14. The first kappa shape index (κ1) is 12.9. The molecule has 1 aromatic heterocycles. The Kier molecular flexibility index (Phi) is 3.06. The zero-order valence-corrected chi connectivity index (χ0v) is 12.1. The van der Waals surface area contributed by atoms with Gasteiger partial charge in [0.1, 0.15) is 5.52 Å². The van der Waals surface area contributed by atoms with Crippen LogP contribution >= 0.6 is 15.9 Å². The third-order valence-electron chi connectivity index (χ3n) is 3.07. The number of nitrogens with zero attached hydrogens (tertiary/aromatic N) is 1. The molecule has 0 spiro atoms. The zero-order chi connectivity index (χ0) is 14.3. The van der Waals surface area contributed by atoms with Crippen LogP contribution in [-0.2, 0) is 0 Å². The lowest BCUT2D eigenvalue weighted by molar-refractivity contribution is 0.0697. The lowest BCUT2D eigenvalue weighted by Gasteiger charge is -2.01. The van der Waals surface area contributed by atoms with Gasteiger partial charge in [0.25, 0.3) is 0 Å². The first-order valence-electron chi connectivity index (χ1n) is 5.95. The molecule has 0 atom stereocenters. The number of aryl methyl sites for hydroxylation is 1. The molecule has 0 radical (unpaired) electrons. The van der Waals surface area contributed by atoms with Gasteiger partial charge < -0.3 is 9.52 Å². The summed E-state index contributed by atoms with van der Waals surface area (Å²) in [7, 11) is 0. The lowest BCUT2D eigenvalue weighted by atomic mass is 10.1.